The quantitative estimate of drug-likeness (QED) is 0.176. The minimum atomic E-state index is -1.04. The fraction of sp³-hybridized carbons (Fsp3) is 0.111. The molecule has 0 bridgehead atoms. The van der Waals surface area contributed by atoms with Gasteiger partial charge in [-0.2, -0.15) is 0 Å². The SMILES string of the molecule is CC(c1ccc(O)cc1)[C@H](NC(=O)c1ccc(C#CC#Cc2ccc(N)cc2)cc1)C(=O)NO. The monoisotopic (exact) mass is 453 g/mol. The molecular formula is C27H23N3O4. The van der Waals surface area contributed by atoms with E-state index in [1.54, 1.807) is 60.9 Å². The number of phenols is 1. The number of hydrogen-bond donors (Lipinski definition) is 5. The lowest BCUT2D eigenvalue weighted by molar-refractivity contribution is -0.131. The molecule has 3 aromatic rings. The van der Waals surface area contributed by atoms with Gasteiger partial charge in [0, 0.05) is 28.3 Å². The number of nitrogens with one attached hydrogen (secondary N) is 2. The van der Waals surface area contributed by atoms with Crippen LogP contribution in [0.1, 0.15) is 39.9 Å². The smallest absolute Gasteiger partial charge is 0.266 e. The van der Waals surface area contributed by atoms with Gasteiger partial charge in [0.2, 0.25) is 0 Å². The van der Waals surface area contributed by atoms with E-state index in [0.29, 0.717) is 22.4 Å². The summed E-state index contributed by atoms with van der Waals surface area (Å²) < 4.78 is 0. The van der Waals surface area contributed by atoms with Crippen molar-refractivity contribution in [1.82, 2.24) is 10.8 Å². The second kappa shape index (κ2) is 11.2. The first-order valence-corrected chi connectivity index (χ1v) is 10.4. The normalized spacial score (nSPS) is 11.6. The molecule has 3 rings (SSSR count). The van der Waals surface area contributed by atoms with Crippen molar-refractivity contribution in [3.8, 4) is 29.4 Å². The zero-order chi connectivity index (χ0) is 24.5. The summed E-state index contributed by atoms with van der Waals surface area (Å²) >= 11 is 0. The number of nitrogen functional groups attached to an aromatic ring is 1. The van der Waals surface area contributed by atoms with Crippen molar-refractivity contribution in [2.45, 2.75) is 18.9 Å². The van der Waals surface area contributed by atoms with Crippen LogP contribution in [0.25, 0.3) is 0 Å². The van der Waals surface area contributed by atoms with Gasteiger partial charge in [-0.15, -0.1) is 0 Å². The molecule has 0 fully saturated rings. The van der Waals surface area contributed by atoms with Crippen LogP contribution in [0.4, 0.5) is 5.69 Å². The summed E-state index contributed by atoms with van der Waals surface area (Å²) in [5.74, 6) is 9.74. The predicted octanol–water partition coefficient (Wildman–Crippen LogP) is 2.79. The molecule has 0 aromatic heterocycles. The lowest BCUT2D eigenvalue weighted by atomic mass is 9.92. The first-order valence-electron chi connectivity index (χ1n) is 10.4. The molecular weight excluding hydrogens is 430 g/mol. The van der Waals surface area contributed by atoms with Crippen molar-refractivity contribution >= 4 is 17.5 Å². The highest BCUT2D eigenvalue weighted by molar-refractivity contribution is 5.97. The molecule has 170 valence electrons. The summed E-state index contributed by atoms with van der Waals surface area (Å²) in [6.45, 7) is 1.73. The van der Waals surface area contributed by atoms with Gasteiger partial charge in [0.25, 0.3) is 11.8 Å². The molecule has 0 spiro atoms. The number of carbonyl (C=O) groups is 2. The number of hydroxylamine groups is 1. The molecule has 7 heteroatoms. The van der Waals surface area contributed by atoms with Gasteiger partial charge in [-0.05, 0) is 78.1 Å². The van der Waals surface area contributed by atoms with E-state index in [0.717, 1.165) is 5.56 Å². The molecule has 0 saturated carbocycles. The highest BCUT2D eigenvalue weighted by Gasteiger charge is 2.28. The van der Waals surface area contributed by atoms with Crippen LogP contribution in [0.3, 0.4) is 0 Å². The molecule has 0 aliphatic heterocycles. The van der Waals surface area contributed by atoms with Crippen LogP contribution >= 0.6 is 0 Å². The number of aromatic hydroxyl groups is 1. The number of anilines is 1. The summed E-state index contributed by atoms with van der Waals surface area (Å²) in [5.41, 5.74) is 10.4. The van der Waals surface area contributed by atoms with Crippen LogP contribution in [0.15, 0.2) is 72.8 Å². The fourth-order valence-electron chi connectivity index (χ4n) is 3.16. The zero-order valence-corrected chi connectivity index (χ0v) is 18.4. The fourth-order valence-corrected chi connectivity index (χ4v) is 3.16. The average Bonchev–Trinajstić information content (AvgIpc) is 2.86. The Hall–Kier alpha value is -4.72. The van der Waals surface area contributed by atoms with E-state index in [2.05, 4.69) is 29.0 Å². The van der Waals surface area contributed by atoms with E-state index in [1.165, 1.54) is 12.1 Å². The van der Waals surface area contributed by atoms with Crippen LogP contribution in [0.5, 0.6) is 5.75 Å². The Morgan fingerprint density at radius 1 is 0.853 bits per heavy atom. The lowest BCUT2D eigenvalue weighted by Crippen LogP contribution is -2.48. The molecule has 2 atom stereocenters. The van der Waals surface area contributed by atoms with Crippen LogP contribution < -0.4 is 16.5 Å². The minimum absolute atomic E-state index is 0.0857. The number of rotatable bonds is 5. The molecule has 3 aromatic carbocycles. The highest BCUT2D eigenvalue weighted by atomic mass is 16.5. The largest absolute Gasteiger partial charge is 0.508 e. The number of carbonyl (C=O) groups excluding carboxylic acids is 2. The number of phenolic OH excluding ortho intramolecular Hbond substituents is 1. The molecule has 1 unspecified atom stereocenters. The first kappa shape index (κ1) is 23.9. The first-order chi connectivity index (χ1) is 16.4. The Bertz CT molecular complexity index is 1280. The van der Waals surface area contributed by atoms with Gasteiger partial charge >= 0.3 is 0 Å². The Morgan fingerprint density at radius 3 is 1.91 bits per heavy atom. The summed E-state index contributed by atoms with van der Waals surface area (Å²) in [4.78, 5) is 25.0. The second-order valence-corrected chi connectivity index (χ2v) is 7.51. The molecule has 0 saturated heterocycles. The number of benzene rings is 3. The molecule has 34 heavy (non-hydrogen) atoms. The highest BCUT2D eigenvalue weighted by Crippen LogP contribution is 2.22. The van der Waals surface area contributed by atoms with Crippen molar-refractivity contribution in [1.29, 1.82) is 0 Å². The maximum atomic E-state index is 12.7. The number of hydrogen-bond acceptors (Lipinski definition) is 5. The maximum Gasteiger partial charge on any atom is 0.266 e. The summed E-state index contributed by atoms with van der Waals surface area (Å²) in [6.07, 6.45) is 0. The van der Waals surface area contributed by atoms with Crippen LogP contribution in [0, 0.1) is 23.7 Å². The van der Waals surface area contributed by atoms with Crippen molar-refractivity contribution < 1.29 is 19.9 Å². The van der Waals surface area contributed by atoms with Crippen LogP contribution in [-0.4, -0.2) is 28.2 Å². The zero-order valence-electron chi connectivity index (χ0n) is 18.4. The minimum Gasteiger partial charge on any atom is -0.508 e. The van der Waals surface area contributed by atoms with Gasteiger partial charge in [0.15, 0.2) is 0 Å². The molecule has 0 radical (unpaired) electrons. The average molecular weight is 453 g/mol. The second-order valence-electron chi connectivity index (χ2n) is 7.51. The molecule has 6 N–H and O–H groups in total. The third-order valence-corrected chi connectivity index (χ3v) is 5.13. The van der Waals surface area contributed by atoms with Crippen molar-refractivity contribution in [3.63, 3.8) is 0 Å². The standard InChI is InChI=1S/C27H23N3O4/c1-18(21-12-16-24(31)17-13-21)25(27(33)30-34)29-26(32)22-10-6-19(7-11-22)4-2-3-5-20-8-14-23(28)15-9-20/h6-18,25,31,34H,28H2,1H3,(H,29,32)(H,30,33)/t18?,25-/m0/s1. The number of nitrogens with two attached hydrogens (primary N) is 1. The maximum absolute atomic E-state index is 12.7. The Kier molecular flexibility index (Phi) is 7.91. The van der Waals surface area contributed by atoms with Crippen molar-refractivity contribution in [2.24, 2.45) is 0 Å². The van der Waals surface area contributed by atoms with E-state index in [1.807, 2.05) is 12.1 Å². The summed E-state index contributed by atoms with van der Waals surface area (Å²) in [5, 5.41) is 21.2. The van der Waals surface area contributed by atoms with Gasteiger partial charge in [0.05, 0.1) is 0 Å². The molecule has 0 heterocycles. The van der Waals surface area contributed by atoms with Crippen LogP contribution in [-0.2, 0) is 4.79 Å². The van der Waals surface area contributed by atoms with Gasteiger partial charge in [-0.25, -0.2) is 5.48 Å². The van der Waals surface area contributed by atoms with Gasteiger partial charge in [-0.1, -0.05) is 30.9 Å². The predicted molar refractivity (Wildman–Crippen MR) is 129 cm³/mol. The molecule has 2 amide bonds. The Morgan fingerprint density at radius 2 is 1.38 bits per heavy atom. The van der Waals surface area contributed by atoms with Gasteiger partial charge in [-0.3, -0.25) is 14.8 Å². The van der Waals surface area contributed by atoms with Gasteiger partial charge in [0.1, 0.15) is 11.8 Å². The third-order valence-electron chi connectivity index (χ3n) is 5.13. The Labute approximate surface area is 197 Å². The van der Waals surface area contributed by atoms with E-state index in [-0.39, 0.29) is 5.75 Å². The molecule has 0 aliphatic rings. The van der Waals surface area contributed by atoms with Crippen LogP contribution in [0.2, 0.25) is 0 Å². The van der Waals surface area contributed by atoms with E-state index in [4.69, 9.17) is 10.9 Å². The van der Waals surface area contributed by atoms with Crippen molar-refractivity contribution in [3.05, 3.63) is 95.1 Å². The van der Waals surface area contributed by atoms with E-state index < -0.39 is 23.8 Å². The topological polar surface area (TPSA) is 125 Å². The summed E-state index contributed by atoms with van der Waals surface area (Å²) in [7, 11) is 0. The summed E-state index contributed by atoms with van der Waals surface area (Å²) in [6, 6.07) is 18.9. The lowest BCUT2D eigenvalue weighted by Gasteiger charge is -2.23. The number of amides is 2. The van der Waals surface area contributed by atoms with Crippen molar-refractivity contribution in [2.75, 3.05) is 5.73 Å². The van der Waals surface area contributed by atoms with Gasteiger partial charge < -0.3 is 16.2 Å². The third kappa shape index (κ3) is 6.39. The molecule has 0 aliphatic carbocycles. The molecule has 7 nitrogen and oxygen atoms in total. The van der Waals surface area contributed by atoms with E-state index >= 15 is 0 Å². The van der Waals surface area contributed by atoms with E-state index in [9.17, 15) is 14.7 Å². The Balaban J connectivity index is 1.68.